The van der Waals surface area contributed by atoms with Crippen LogP contribution >= 0.6 is 11.3 Å². The summed E-state index contributed by atoms with van der Waals surface area (Å²) in [4.78, 5) is 1.62. The molecule has 1 aromatic heterocycles. The lowest BCUT2D eigenvalue weighted by molar-refractivity contribution is 0.192. The summed E-state index contributed by atoms with van der Waals surface area (Å²) in [7, 11) is 0. The third-order valence-electron chi connectivity index (χ3n) is 4.28. The quantitative estimate of drug-likeness (QED) is 0.722. The van der Waals surface area contributed by atoms with Crippen molar-refractivity contribution in [1.82, 2.24) is 0 Å². The van der Waals surface area contributed by atoms with E-state index in [4.69, 9.17) is 5.73 Å². The maximum absolute atomic E-state index is 6.53. The average molecular weight is 221 g/mol. The molecule has 0 aromatic carbocycles. The van der Waals surface area contributed by atoms with Crippen molar-refractivity contribution in [3.8, 4) is 0 Å². The molecular weight excluding hydrogens is 202 g/mol. The maximum Gasteiger partial charge on any atom is 0.0224 e. The first-order valence-electron chi connectivity index (χ1n) is 6.15. The molecular formula is C13H19NS. The van der Waals surface area contributed by atoms with Gasteiger partial charge in [-0.3, -0.25) is 0 Å². The Morgan fingerprint density at radius 2 is 2.13 bits per heavy atom. The number of rotatable bonds is 1. The SMILES string of the molecule is NC1(C2CCCCc3sccc32)CCC1. The van der Waals surface area contributed by atoms with Gasteiger partial charge >= 0.3 is 0 Å². The maximum atomic E-state index is 6.53. The Kier molecular flexibility index (Phi) is 2.37. The van der Waals surface area contributed by atoms with E-state index in [1.165, 1.54) is 44.9 Å². The molecule has 15 heavy (non-hydrogen) atoms. The molecule has 1 heterocycles. The summed E-state index contributed by atoms with van der Waals surface area (Å²) in [5.41, 5.74) is 8.28. The molecule has 0 bridgehead atoms. The van der Waals surface area contributed by atoms with Gasteiger partial charge in [0.1, 0.15) is 0 Å². The first kappa shape index (κ1) is 9.86. The summed E-state index contributed by atoms with van der Waals surface area (Å²) in [6.45, 7) is 0. The molecule has 3 rings (SSSR count). The van der Waals surface area contributed by atoms with Gasteiger partial charge in [-0.2, -0.15) is 0 Å². The summed E-state index contributed by atoms with van der Waals surface area (Å²) in [6, 6.07) is 2.34. The lowest BCUT2D eigenvalue weighted by Crippen LogP contribution is -2.51. The second-order valence-corrected chi connectivity index (χ2v) is 6.18. The zero-order valence-electron chi connectivity index (χ0n) is 9.17. The Labute approximate surface area is 95.7 Å². The normalized spacial score (nSPS) is 29.0. The van der Waals surface area contributed by atoms with Gasteiger partial charge in [0.2, 0.25) is 0 Å². The predicted octanol–water partition coefficient (Wildman–Crippen LogP) is 3.44. The summed E-state index contributed by atoms with van der Waals surface area (Å²) in [6.07, 6.45) is 9.16. The summed E-state index contributed by atoms with van der Waals surface area (Å²) in [5, 5.41) is 2.25. The highest BCUT2D eigenvalue weighted by atomic mass is 32.1. The lowest BCUT2D eigenvalue weighted by Gasteiger charge is -2.45. The van der Waals surface area contributed by atoms with E-state index in [1.807, 2.05) is 11.3 Å². The Bertz CT molecular complexity index is 351. The molecule has 0 spiro atoms. The minimum Gasteiger partial charge on any atom is -0.325 e. The molecule has 1 atom stereocenters. The minimum absolute atomic E-state index is 0.153. The van der Waals surface area contributed by atoms with E-state index in [9.17, 15) is 0 Å². The van der Waals surface area contributed by atoms with E-state index in [0.29, 0.717) is 5.92 Å². The molecule has 1 nitrogen and oxygen atoms in total. The van der Waals surface area contributed by atoms with Crippen molar-refractivity contribution in [3.63, 3.8) is 0 Å². The molecule has 1 fully saturated rings. The van der Waals surface area contributed by atoms with Gasteiger partial charge in [-0.25, -0.2) is 0 Å². The molecule has 82 valence electrons. The molecule has 0 saturated heterocycles. The van der Waals surface area contributed by atoms with Gasteiger partial charge in [0.25, 0.3) is 0 Å². The van der Waals surface area contributed by atoms with Crippen LogP contribution in [-0.2, 0) is 6.42 Å². The van der Waals surface area contributed by atoms with E-state index in [2.05, 4.69) is 11.4 Å². The first-order chi connectivity index (χ1) is 7.30. The van der Waals surface area contributed by atoms with Crippen LogP contribution in [0.4, 0.5) is 0 Å². The fourth-order valence-corrected chi connectivity index (χ4v) is 4.17. The summed E-state index contributed by atoms with van der Waals surface area (Å²) >= 11 is 1.94. The number of aryl methyl sites for hydroxylation is 1. The highest BCUT2D eigenvalue weighted by molar-refractivity contribution is 7.10. The molecule has 1 aromatic rings. The van der Waals surface area contributed by atoms with Crippen molar-refractivity contribution >= 4 is 11.3 Å². The molecule has 0 aliphatic heterocycles. The second-order valence-electron chi connectivity index (χ2n) is 5.18. The Balaban J connectivity index is 1.95. The van der Waals surface area contributed by atoms with E-state index < -0.39 is 0 Å². The predicted molar refractivity (Wildman–Crippen MR) is 65.4 cm³/mol. The van der Waals surface area contributed by atoms with Gasteiger partial charge in [0.15, 0.2) is 0 Å². The number of fused-ring (bicyclic) bond motifs is 1. The average Bonchev–Trinajstić information content (AvgIpc) is 2.55. The third kappa shape index (κ3) is 1.55. The number of thiophene rings is 1. The second kappa shape index (κ2) is 3.60. The van der Waals surface area contributed by atoms with E-state index in [-0.39, 0.29) is 5.54 Å². The molecule has 2 N–H and O–H groups in total. The summed E-state index contributed by atoms with van der Waals surface area (Å²) in [5.74, 6) is 0.662. The number of hydrogen-bond acceptors (Lipinski definition) is 2. The van der Waals surface area contributed by atoms with Gasteiger partial charge in [-0.05, 0) is 55.5 Å². The van der Waals surface area contributed by atoms with Gasteiger partial charge in [-0.15, -0.1) is 11.3 Å². The standard InChI is InChI=1S/C13H19NS/c14-13(7-3-8-13)11-4-1-2-5-12-10(11)6-9-15-12/h6,9,11H,1-5,7-8,14H2. The number of nitrogens with two attached hydrogens (primary N) is 1. The molecule has 1 unspecified atom stereocenters. The monoisotopic (exact) mass is 221 g/mol. The van der Waals surface area contributed by atoms with Gasteiger partial charge in [-0.1, -0.05) is 6.42 Å². The van der Waals surface area contributed by atoms with Crippen LogP contribution < -0.4 is 5.73 Å². The smallest absolute Gasteiger partial charge is 0.0224 e. The van der Waals surface area contributed by atoms with Crippen LogP contribution in [0.15, 0.2) is 11.4 Å². The van der Waals surface area contributed by atoms with Crippen molar-refractivity contribution in [1.29, 1.82) is 0 Å². The van der Waals surface area contributed by atoms with Crippen LogP contribution in [0.2, 0.25) is 0 Å². The van der Waals surface area contributed by atoms with Crippen LogP contribution in [-0.4, -0.2) is 5.54 Å². The van der Waals surface area contributed by atoms with Gasteiger partial charge in [0.05, 0.1) is 0 Å². The van der Waals surface area contributed by atoms with Crippen molar-refractivity contribution < 1.29 is 0 Å². The van der Waals surface area contributed by atoms with Crippen molar-refractivity contribution in [2.75, 3.05) is 0 Å². The van der Waals surface area contributed by atoms with E-state index in [0.717, 1.165) is 0 Å². The Morgan fingerprint density at radius 3 is 2.87 bits per heavy atom. The van der Waals surface area contributed by atoms with E-state index in [1.54, 1.807) is 10.4 Å². The van der Waals surface area contributed by atoms with Crippen LogP contribution in [0.25, 0.3) is 0 Å². The highest BCUT2D eigenvalue weighted by Crippen LogP contribution is 2.47. The zero-order chi connectivity index (χ0) is 10.3. The minimum atomic E-state index is 0.153. The van der Waals surface area contributed by atoms with Crippen molar-refractivity contribution in [2.24, 2.45) is 5.73 Å². The van der Waals surface area contributed by atoms with Crippen molar-refractivity contribution in [2.45, 2.75) is 56.4 Å². The molecule has 2 aliphatic rings. The highest BCUT2D eigenvalue weighted by Gasteiger charge is 2.42. The number of hydrogen-bond donors (Lipinski definition) is 1. The van der Waals surface area contributed by atoms with Crippen LogP contribution in [0, 0.1) is 0 Å². The fourth-order valence-electron chi connectivity index (χ4n) is 3.18. The Hall–Kier alpha value is -0.340. The molecule has 1 saturated carbocycles. The lowest BCUT2D eigenvalue weighted by atomic mass is 9.65. The van der Waals surface area contributed by atoms with Crippen LogP contribution in [0.3, 0.4) is 0 Å². The van der Waals surface area contributed by atoms with Crippen LogP contribution in [0.1, 0.15) is 54.9 Å². The molecule has 2 heteroatoms. The molecule has 2 aliphatic carbocycles. The van der Waals surface area contributed by atoms with E-state index >= 15 is 0 Å². The zero-order valence-corrected chi connectivity index (χ0v) is 9.98. The first-order valence-corrected chi connectivity index (χ1v) is 7.03. The summed E-state index contributed by atoms with van der Waals surface area (Å²) < 4.78 is 0. The van der Waals surface area contributed by atoms with Crippen LogP contribution in [0.5, 0.6) is 0 Å². The van der Waals surface area contributed by atoms with Gasteiger partial charge < -0.3 is 5.73 Å². The molecule has 0 amide bonds. The largest absolute Gasteiger partial charge is 0.325 e. The fraction of sp³-hybridized carbons (Fsp3) is 0.692. The van der Waals surface area contributed by atoms with Crippen molar-refractivity contribution in [3.05, 3.63) is 21.9 Å². The molecule has 0 radical (unpaired) electrons. The Morgan fingerprint density at radius 1 is 1.27 bits per heavy atom. The third-order valence-corrected chi connectivity index (χ3v) is 5.28. The topological polar surface area (TPSA) is 26.0 Å². The van der Waals surface area contributed by atoms with Gasteiger partial charge in [0, 0.05) is 16.3 Å².